The van der Waals surface area contributed by atoms with Gasteiger partial charge in [-0.15, -0.1) is 11.8 Å². The van der Waals surface area contributed by atoms with Crippen LogP contribution in [0.3, 0.4) is 0 Å². The Morgan fingerprint density at radius 3 is 2.19 bits per heavy atom. The summed E-state index contributed by atoms with van der Waals surface area (Å²) in [6.45, 7) is 7.19. The highest BCUT2D eigenvalue weighted by atomic mass is 35.5. The van der Waals surface area contributed by atoms with E-state index in [2.05, 4.69) is 20.9 Å². The van der Waals surface area contributed by atoms with Crippen molar-refractivity contribution < 1.29 is 4.79 Å². The first-order valence-corrected chi connectivity index (χ1v) is 16.0. The van der Waals surface area contributed by atoms with E-state index in [0.717, 1.165) is 72.8 Å². The molecule has 1 amide bonds. The molecule has 1 unspecified atom stereocenters. The second-order valence-electron chi connectivity index (χ2n) is 11.2. The van der Waals surface area contributed by atoms with Crippen molar-refractivity contribution >= 4 is 46.1 Å². The van der Waals surface area contributed by atoms with Crippen molar-refractivity contribution in [2.45, 2.75) is 29.5 Å². The maximum Gasteiger partial charge on any atom is 0.332 e. The van der Waals surface area contributed by atoms with Gasteiger partial charge in [-0.3, -0.25) is 18.7 Å². The Hall–Kier alpha value is -3.38. The number of carbonyl (C=O) groups is 1. The molecule has 0 aliphatic carbocycles. The molecule has 4 aromatic rings. The van der Waals surface area contributed by atoms with Gasteiger partial charge in [0.15, 0.2) is 11.2 Å². The Morgan fingerprint density at radius 2 is 1.49 bits per heavy atom. The number of amides is 1. The molecule has 226 valence electrons. The van der Waals surface area contributed by atoms with E-state index in [1.165, 1.54) is 11.6 Å². The summed E-state index contributed by atoms with van der Waals surface area (Å²) in [6, 6.07) is 15.8. The van der Waals surface area contributed by atoms with Gasteiger partial charge in [-0.25, -0.2) is 9.78 Å². The molecule has 2 aromatic heterocycles. The SMILES string of the molecule is Cn1c(=O)c2c(ncn2CCCN2CCN(CCCN3C(=O)C(c4ccc(Cl)cc4)Sc4ccccc43)CC2)n(C)c1=O. The summed E-state index contributed by atoms with van der Waals surface area (Å²) in [6.07, 6.45) is 3.45. The lowest BCUT2D eigenvalue weighted by molar-refractivity contribution is -0.118. The molecular formula is C31H36ClN7O3S. The second-order valence-corrected chi connectivity index (χ2v) is 12.8. The van der Waals surface area contributed by atoms with Crippen molar-refractivity contribution in [2.24, 2.45) is 14.1 Å². The molecule has 1 fully saturated rings. The first-order valence-electron chi connectivity index (χ1n) is 14.7. The molecular weight excluding hydrogens is 586 g/mol. The zero-order valence-corrected chi connectivity index (χ0v) is 26.1. The maximum absolute atomic E-state index is 13.6. The van der Waals surface area contributed by atoms with Crippen LogP contribution in [0.25, 0.3) is 11.2 Å². The Balaban J connectivity index is 0.992. The monoisotopic (exact) mass is 621 g/mol. The van der Waals surface area contributed by atoms with Gasteiger partial charge in [-0.2, -0.15) is 0 Å². The minimum Gasteiger partial charge on any atom is -0.325 e. The second kappa shape index (κ2) is 12.7. The van der Waals surface area contributed by atoms with Crippen molar-refractivity contribution in [3.05, 3.63) is 86.3 Å². The highest BCUT2D eigenvalue weighted by molar-refractivity contribution is 8.00. The Labute approximate surface area is 259 Å². The fourth-order valence-electron chi connectivity index (χ4n) is 6.02. The summed E-state index contributed by atoms with van der Waals surface area (Å²) in [5, 5.41) is 0.397. The van der Waals surface area contributed by atoms with E-state index >= 15 is 0 Å². The summed E-state index contributed by atoms with van der Waals surface area (Å²) >= 11 is 7.71. The largest absolute Gasteiger partial charge is 0.332 e. The molecule has 1 saturated heterocycles. The molecule has 2 aliphatic rings. The van der Waals surface area contributed by atoms with Crippen molar-refractivity contribution in [3.8, 4) is 0 Å². The van der Waals surface area contributed by atoms with Crippen molar-refractivity contribution in [2.75, 3.05) is 50.7 Å². The molecule has 2 aliphatic heterocycles. The Bertz CT molecular complexity index is 1740. The van der Waals surface area contributed by atoms with Crippen LogP contribution in [0.5, 0.6) is 0 Å². The molecule has 0 bridgehead atoms. The number of carbonyl (C=O) groups excluding carboxylic acids is 1. The summed E-state index contributed by atoms with van der Waals surface area (Å²) in [5.41, 5.74) is 2.20. The quantitative estimate of drug-likeness (QED) is 0.283. The molecule has 0 radical (unpaired) electrons. The summed E-state index contributed by atoms with van der Waals surface area (Å²) in [5.74, 6) is 0.126. The number of rotatable bonds is 9. The fraction of sp³-hybridized carbons (Fsp3) is 0.419. The Morgan fingerprint density at radius 1 is 0.837 bits per heavy atom. The number of piperazine rings is 1. The highest BCUT2D eigenvalue weighted by Gasteiger charge is 2.34. The number of aromatic nitrogens is 4. The first-order chi connectivity index (χ1) is 20.8. The molecule has 0 N–H and O–H groups in total. The van der Waals surface area contributed by atoms with Crippen molar-refractivity contribution in [3.63, 3.8) is 0 Å². The maximum atomic E-state index is 13.6. The number of fused-ring (bicyclic) bond motifs is 2. The number of hydrogen-bond acceptors (Lipinski definition) is 7. The zero-order valence-electron chi connectivity index (χ0n) is 24.5. The summed E-state index contributed by atoms with van der Waals surface area (Å²) < 4.78 is 4.42. The zero-order chi connectivity index (χ0) is 30.1. The van der Waals surface area contributed by atoms with Crippen LogP contribution in [0, 0.1) is 0 Å². The fourth-order valence-corrected chi connectivity index (χ4v) is 7.37. The molecule has 10 nitrogen and oxygen atoms in total. The number of anilines is 1. The molecule has 43 heavy (non-hydrogen) atoms. The highest BCUT2D eigenvalue weighted by Crippen LogP contribution is 2.46. The van der Waals surface area contributed by atoms with Crippen LogP contribution in [-0.2, 0) is 25.4 Å². The van der Waals surface area contributed by atoms with Crippen molar-refractivity contribution in [1.82, 2.24) is 28.5 Å². The molecule has 0 saturated carbocycles. The van der Waals surface area contributed by atoms with E-state index in [-0.39, 0.29) is 22.4 Å². The number of para-hydroxylation sites is 1. The average Bonchev–Trinajstić information content (AvgIpc) is 3.45. The average molecular weight is 622 g/mol. The molecule has 0 spiro atoms. The summed E-state index contributed by atoms with van der Waals surface area (Å²) in [4.78, 5) is 50.9. The Kier molecular flexibility index (Phi) is 8.76. The predicted molar refractivity (Wildman–Crippen MR) is 171 cm³/mol. The van der Waals surface area contributed by atoms with E-state index < -0.39 is 0 Å². The normalized spacial score (nSPS) is 18.0. The van der Waals surface area contributed by atoms with Gasteiger partial charge < -0.3 is 19.3 Å². The van der Waals surface area contributed by atoms with E-state index in [4.69, 9.17) is 11.6 Å². The summed E-state index contributed by atoms with van der Waals surface area (Å²) in [7, 11) is 3.14. The van der Waals surface area contributed by atoms with Crippen LogP contribution in [0.2, 0.25) is 5.02 Å². The molecule has 2 aromatic carbocycles. The lowest BCUT2D eigenvalue weighted by Crippen LogP contribution is -2.47. The van der Waals surface area contributed by atoms with Gasteiger partial charge in [-0.1, -0.05) is 35.9 Å². The topological polar surface area (TPSA) is 88.6 Å². The lowest BCUT2D eigenvalue weighted by Gasteiger charge is -2.36. The van der Waals surface area contributed by atoms with Crippen LogP contribution in [0.4, 0.5) is 5.69 Å². The van der Waals surface area contributed by atoms with Crippen LogP contribution in [0.1, 0.15) is 23.7 Å². The minimum atomic E-state index is -0.367. The standard InChI is InChI=1S/C31H36ClN7O3S/c1-34-28-26(29(40)35(2)31(34)42)38(21-33-28)15-5-13-36-17-19-37(20-18-36)14-6-16-39-24-7-3-4-8-25(24)43-27(30(39)41)22-9-11-23(32)12-10-22/h3-4,7-12,21,27H,5-6,13-20H2,1-2H3. The molecule has 1 atom stereocenters. The van der Waals surface area contributed by atoms with Crippen LogP contribution < -0.4 is 16.1 Å². The van der Waals surface area contributed by atoms with Crippen LogP contribution in [0.15, 0.2) is 69.3 Å². The third-order valence-corrected chi connectivity index (χ3v) is 10.0. The number of halogens is 1. The third-order valence-electron chi connectivity index (χ3n) is 8.48. The van der Waals surface area contributed by atoms with E-state index in [1.807, 2.05) is 51.9 Å². The van der Waals surface area contributed by atoms with Gasteiger partial charge in [0, 0.05) is 63.3 Å². The number of imidazole rings is 1. The number of benzene rings is 2. The predicted octanol–water partition coefficient (Wildman–Crippen LogP) is 3.37. The number of nitrogens with zero attached hydrogens (tertiary/aromatic N) is 7. The van der Waals surface area contributed by atoms with Gasteiger partial charge >= 0.3 is 5.69 Å². The van der Waals surface area contributed by atoms with Crippen molar-refractivity contribution in [1.29, 1.82) is 0 Å². The van der Waals surface area contributed by atoms with Gasteiger partial charge in [0.05, 0.1) is 12.0 Å². The van der Waals surface area contributed by atoms with E-state index in [1.54, 1.807) is 25.1 Å². The third kappa shape index (κ3) is 6.04. The molecule has 12 heteroatoms. The lowest BCUT2D eigenvalue weighted by atomic mass is 10.1. The van der Waals surface area contributed by atoms with E-state index in [0.29, 0.717) is 29.3 Å². The first kappa shape index (κ1) is 29.7. The van der Waals surface area contributed by atoms with E-state index in [9.17, 15) is 14.4 Å². The van der Waals surface area contributed by atoms with Crippen LogP contribution >= 0.6 is 23.4 Å². The van der Waals surface area contributed by atoms with Gasteiger partial charge in [-0.05, 0) is 55.8 Å². The van der Waals surface area contributed by atoms with Gasteiger partial charge in [0.1, 0.15) is 5.25 Å². The number of aryl methyl sites for hydroxylation is 2. The van der Waals surface area contributed by atoms with Crippen LogP contribution in [-0.4, -0.2) is 80.2 Å². The minimum absolute atomic E-state index is 0.126. The van der Waals surface area contributed by atoms with Gasteiger partial charge in [0.2, 0.25) is 5.91 Å². The number of thioether (sulfide) groups is 1. The molecule has 6 rings (SSSR count). The number of hydrogen-bond donors (Lipinski definition) is 0. The molecule has 4 heterocycles. The van der Waals surface area contributed by atoms with Gasteiger partial charge in [0.25, 0.3) is 5.56 Å². The smallest absolute Gasteiger partial charge is 0.325 e.